The standard InChI is InChI=1S/C15H22N2O18P2/c18-3-5(34-37(30,31)35-36(27,28)29)8(20)10(22)12(24)14(25)32-4-6-9(21)11(23)13(33-6)17-2-1-7(19)16-15(17)26/h1-3,5-6,8-13,20-24H,4H2,(H,30,31)(H,16,19,26)(H2,27,28,29)/t5-,6+,8+,9+,10-,11+,12-,13+/m0/s1. The Hall–Kier alpha value is -2.16. The van der Waals surface area contributed by atoms with Gasteiger partial charge in [-0.3, -0.25) is 18.9 Å². The average Bonchev–Trinajstić information content (AvgIpc) is 3.06. The summed E-state index contributed by atoms with van der Waals surface area (Å²) in [5.74, 6) is -1.70. The minimum Gasteiger partial charge on any atom is -0.461 e. The van der Waals surface area contributed by atoms with Crippen molar-refractivity contribution in [2.75, 3.05) is 6.61 Å². The van der Waals surface area contributed by atoms with Gasteiger partial charge in [-0.2, -0.15) is 4.31 Å². The molecule has 0 saturated carbocycles. The number of phosphoric acid groups is 2. The Kier molecular flexibility index (Phi) is 10.2. The molecule has 0 amide bonds. The van der Waals surface area contributed by atoms with Crippen LogP contribution in [-0.4, -0.2) is 111 Å². The summed E-state index contributed by atoms with van der Waals surface area (Å²) in [6.45, 7) is -0.902. The molecule has 0 radical (unpaired) electrons. The normalized spacial score (nSPS) is 27.0. The molecule has 9 N–H and O–H groups in total. The smallest absolute Gasteiger partial charge is 0.461 e. The minimum atomic E-state index is -5.69. The molecule has 1 unspecified atom stereocenters. The largest absolute Gasteiger partial charge is 0.481 e. The Morgan fingerprint density at radius 2 is 1.76 bits per heavy atom. The van der Waals surface area contributed by atoms with E-state index in [9.17, 15) is 58.7 Å². The lowest BCUT2D eigenvalue weighted by Gasteiger charge is -2.26. The van der Waals surface area contributed by atoms with Crippen LogP contribution in [0.15, 0.2) is 21.9 Å². The molecule has 9 atom stereocenters. The van der Waals surface area contributed by atoms with E-state index in [0.29, 0.717) is 0 Å². The van der Waals surface area contributed by atoms with Gasteiger partial charge in [0, 0.05) is 12.3 Å². The van der Waals surface area contributed by atoms with Crippen LogP contribution in [0, 0.1) is 0 Å². The van der Waals surface area contributed by atoms with Crippen LogP contribution in [0.5, 0.6) is 0 Å². The second-order valence-electron chi connectivity index (χ2n) is 7.37. The van der Waals surface area contributed by atoms with Crippen molar-refractivity contribution in [3.8, 4) is 0 Å². The van der Waals surface area contributed by atoms with Gasteiger partial charge in [-0.25, -0.2) is 18.7 Å². The van der Waals surface area contributed by atoms with E-state index in [2.05, 4.69) is 13.6 Å². The number of H-pyrrole nitrogens is 1. The Balaban J connectivity index is 2.00. The molecule has 1 aromatic rings. The molecule has 1 aromatic heterocycles. The van der Waals surface area contributed by atoms with Gasteiger partial charge in [0.15, 0.2) is 24.7 Å². The summed E-state index contributed by atoms with van der Waals surface area (Å²) in [5, 5.41) is 50.0. The first-order valence-corrected chi connectivity index (χ1v) is 12.8. The Morgan fingerprint density at radius 3 is 2.30 bits per heavy atom. The molecule has 1 aliphatic heterocycles. The van der Waals surface area contributed by atoms with Crippen molar-refractivity contribution in [3.63, 3.8) is 0 Å². The van der Waals surface area contributed by atoms with E-state index in [0.717, 1.165) is 16.8 Å². The summed E-state index contributed by atoms with van der Waals surface area (Å²) in [6.07, 6.45) is -16.5. The molecule has 0 bridgehead atoms. The number of esters is 1. The average molecular weight is 580 g/mol. The number of nitrogens with zero attached hydrogens (tertiary/aromatic N) is 1. The van der Waals surface area contributed by atoms with Gasteiger partial charge in [0.05, 0.1) is 0 Å². The number of carbonyl (C=O) groups is 2. The van der Waals surface area contributed by atoms with Crippen LogP contribution in [-0.2, 0) is 37.0 Å². The SMILES string of the molecule is O=C[C@H](OP(=O)(O)OP(=O)(O)O)[C@@H](O)[C@H](O)[C@H](O)C(=O)OC[C@H]1O[C@@H](n2ccc(=O)[nH]c2=O)[C@H](O)[C@@H]1O. The zero-order chi connectivity index (χ0) is 28.3. The maximum absolute atomic E-state index is 12.1. The van der Waals surface area contributed by atoms with Crippen LogP contribution in [0.2, 0.25) is 0 Å². The highest BCUT2D eigenvalue weighted by Gasteiger charge is 2.46. The van der Waals surface area contributed by atoms with Crippen molar-refractivity contribution in [3.05, 3.63) is 33.1 Å². The fraction of sp³-hybridized carbons (Fsp3) is 0.600. The van der Waals surface area contributed by atoms with Crippen molar-refractivity contribution >= 4 is 27.9 Å². The molecule has 37 heavy (non-hydrogen) atoms. The molecule has 0 aromatic carbocycles. The third-order valence-electron chi connectivity index (χ3n) is 4.70. The number of hydrogen-bond donors (Lipinski definition) is 9. The molecule has 0 aliphatic carbocycles. The zero-order valence-corrected chi connectivity index (χ0v) is 19.8. The van der Waals surface area contributed by atoms with Crippen LogP contribution >= 0.6 is 15.6 Å². The summed E-state index contributed by atoms with van der Waals surface area (Å²) in [6, 6.07) is 0.921. The summed E-state index contributed by atoms with van der Waals surface area (Å²) in [5.41, 5.74) is -1.76. The Morgan fingerprint density at radius 1 is 1.14 bits per heavy atom. The van der Waals surface area contributed by atoms with Gasteiger partial charge in [0.25, 0.3) is 5.56 Å². The van der Waals surface area contributed by atoms with Crippen molar-refractivity contribution in [2.45, 2.75) is 49.0 Å². The van der Waals surface area contributed by atoms with Gasteiger partial charge in [-0.1, -0.05) is 0 Å². The second kappa shape index (κ2) is 12.1. The predicted molar refractivity (Wildman–Crippen MR) is 110 cm³/mol. The quantitative estimate of drug-likeness (QED) is 0.0632. The minimum absolute atomic E-state index is 0.416. The number of carbonyl (C=O) groups excluding carboxylic acids is 2. The maximum Gasteiger partial charge on any atom is 0.481 e. The summed E-state index contributed by atoms with van der Waals surface area (Å²) in [7, 11) is -11.3. The number of aromatic nitrogens is 2. The number of aliphatic hydroxyl groups is 5. The van der Waals surface area contributed by atoms with Gasteiger partial charge in [0.1, 0.15) is 37.1 Å². The molecule has 1 aliphatic rings. The topological polar surface area (TPSA) is 322 Å². The van der Waals surface area contributed by atoms with E-state index in [1.807, 2.05) is 4.98 Å². The van der Waals surface area contributed by atoms with Crippen molar-refractivity contribution in [2.24, 2.45) is 0 Å². The van der Waals surface area contributed by atoms with Crippen LogP contribution < -0.4 is 11.2 Å². The highest BCUT2D eigenvalue weighted by Crippen LogP contribution is 2.58. The van der Waals surface area contributed by atoms with Gasteiger partial charge >= 0.3 is 27.3 Å². The molecular formula is C15H22N2O18P2. The predicted octanol–water partition coefficient (Wildman–Crippen LogP) is -5.42. The van der Waals surface area contributed by atoms with Crippen molar-refractivity contribution < 1.29 is 77.2 Å². The fourth-order valence-electron chi connectivity index (χ4n) is 2.97. The molecule has 20 nitrogen and oxygen atoms in total. The van der Waals surface area contributed by atoms with E-state index in [4.69, 9.17) is 14.5 Å². The number of aliphatic hydroxyl groups excluding tert-OH is 5. The third-order valence-corrected chi connectivity index (χ3v) is 6.89. The molecule has 22 heteroatoms. The molecular weight excluding hydrogens is 558 g/mol. The molecule has 1 fully saturated rings. The third kappa shape index (κ3) is 8.16. The molecule has 2 heterocycles. The number of nitrogens with one attached hydrogen (secondary N) is 1. The summed E-state index contributed by atoms with van der Waals surface area (Å²) >= 11 is 0. The molecule has 0 spiro atoms. The highest BCUT2D eigenvalue weighted by molar-refractivity contribution is 7.60. The Labute approximate surface area is 204 Å². The van der Waals surface area contributed by atoms with Gasteiger partial charge < -0.3 is 54.5 Å². The lowest BCUT2D eigenvalue weighted by Crippen LogP contribution is -2.49. The van der Waals surface area contributed by atoms with Crippen LogP contribution in [0.3, 0.4) is 0 Å². The van der Waals surface area contributed by atoms with E-state index in [-0.39, 0.29) is 0 Å². The lowest BCUT2D eigenvalue weighted by atomic mass is 10.0. The van der Waals surface area contributed by atoms with Crippen molar-refractivity contribution in [1.82, 2.24) is 9.55 Å². The van der Waals surface area contributed by atoms with Crippen LogP contribution in [0.25, 0.3) is 0 Å². The first-order valence-electron chi connectivity index (χ1n) is 9.74. The summed E-state index contributed by atoms with van der Waals surface area (Å²) in [4.78, 5) is 74.3. The number of aromatic amines is 1. The van der Waals surface area contributed by atoms with Crippen LogP contribution in [0.1, 0.15) is 6.23 Å². The number of aldehydes is 1. The number of phosphoric ester groups is 1. The number of rotatable bonds is 12. The van der Waals surface area contributed by atoms with E-state index in [1.165, 1.54) is 0 Å². The monoisotopic (exact) mass is 580 g/mol. The van der Waals surface area contributed by atoms with Gasteiger partial charge in [-0.05, 0) is 0 Å². The number of ether oxygens (including phenoxy) is 2. The summed E-state index contributed by atoms with van der Waals surface area (Å²) < 4.78 is 40.2. The van der Waals surface area contributed by atoms with E-state index in [1.54, 1.807) is 0 Å². The second-order valence-corrected chi connectivity index (χ2v) is 10.1. The molecule has 210 valence electrons. The number of hydrogen-bond acceptors (Lipinski definition) is 15. The lowest BCUT2D eigenvalue weighted by molar-refractivity contribution is -0.173. The van der Waals surface area contributed by atoms with Gasteiger partial charge in [0.2, 0.25) is 0 Å². The van der Waals surface area contributed by atoms with E-state index < -0.39 is 94.7 Å². The fourth-order valence-corrected chi connectivity index (χ4v) is 4.68. The highest BCUT2D eigenvalue weighted by atomic mass is 31.3. The Bertz CT molecular complexity index is 1180. The molecule has 2 rings (SSSR count). The maximum atomic E-state index is 12.1. The van der Waals surface area contributed by atoms with E-state index >= 15 is 0 Å². The van der Waals surface area contributed by atoms with Gasteiger partial charge in [-0.15, -0.1) is 0 Å². The first-order chi connectivity index (χ1) is 17.0. The first kappa shape index (κ1) is 31.1. The van der Waals surface area contributed by atoms with Crippen LogP contribution in [0.4, 0.5) is 0 Å². The van der Waals surface area contributed by atoms with Crippen molar-refractivity contribution in [1.29, 1.82) is 0 Å². The molecule has 1 saturated heterocycles. The zero-order valence-electron chi connectivity index (χ0n) is 18.1.